The van der Waals surface area contributed by atoms with Crippen molar-refractivity contribution in [2.24, 2.45) is 5.92 Å². The van der Waals surface area contributed by atoms with Gasteiger partial charge in [-0.2, -0.15) is 0 Å². The molecule has 1 rings (SSSR count). The van der Waals surface area contributed by atoms with E-state index in [-0.39, 0.29) is 6.61 Å². The van der Waals surface area contributed by atoms with Gasteiger partial charge in [-0.1, -0.05) is 32.1 Å². The van der Waals surface area contributed by atoms with Crippen LogP contribution < -0.4 is 0 Å². The third kappa shape index (κ3) is 8.53. The second kappa shape index (κ2) is 8.85. The first-order chi connectivity index (χ1) is 10.6. The highest BCUT2D eigenvalue weighted by Gasteiger charge is 2.48. The van der Waals surface area contributed by atoms with Crippen molar-refractivity contribution in [3.05, 3.63) is 0 Å². The first-order valence-corrected chi connectivity index (χ1v) is 8.11. The lowest BCUT2D eigenvalue weighted by molar-refractivity contribution is -0.199. The van der Waals surface area contributed by atoms with Crippen LogP contribution in [0.5, 0.6) is 0 Å². The van der Waals surface area contributed by atoms with Crippen LogP contribution in [0, 0.1) is 5.92 Å². The number of esters is 1. The fourth-order valence-electron chi connectivity index (χ4n) is 2.89. The fourth-order valence-corrected chi connectivity index (χ4v) is 2.89. The van der Waals surface area contributed by atoms with Crippen molar-refractivity contribution < 1.29 is 31.8 Å². The standard InChI is InChI=1S/C16H26F4O3/c1-12(21)23-14(16(19,20)11-15(2,17)18)10-22-9-8-13-6-4-3-5-7-13/h13-14H,3-11H2,1-2H3. The molecule has 0 aromatic heterocycles. The van der Waals surface area contributed by atoms with Gasteiger partial charge >= 0.3 is 5.97 Å². The molecule has 1 fully saturated rings. The summed E-state index contributed by atoms with van der Waals surface area (Å²) >= 11 is 0. The van der Waals surface area contributed by atoms with E-state index in [2.05, 4.69) is 4.74 Å². The van der Waals surface area contributed by atoms with Gasteiger partial charge in [-0.15, -0.1) is 0 Å². The number of hydrogen-bond acceptors (Lipinski definition) is 3. The summed E-state index contributed by atoms with van der Waals surface area (Å²) in [7, 11) is 0. The van der Waals surface area contributed by atoms with Crippen molar-refractivity contribution in [3.63, 3.8) is 0 Å². The molecule has 0 amide bonds. The summed E-state index contributed by atoms with van der Waals surface area (Å²) in [6.07, 6.45) is 2.87. The van der Waals surface area contributed by atoms with Crippen molar-refractivity contribution in [3.8, 4) is 0 Å². The Morgan fingerprint density at radius 2 is 1.78 bits per heavy atom. The van der Waals surface area contributed by atoms with Gasteiger partial charge in [-0.05, 0) is 19.3 Å². The highest BCUT2D eigenvalue weighted by Crippen LogP contribution is 2.34. The Balaban J connectivity index is 2.45. The summed E-state index contributed by atoms with van der Waals surface area (Å²) < 4.78 is 63.3. The van der Waals surface area contributed by atoms with Crippen molar-refractivity contribution in [2.45, 2.75) is 76.7 Å². The van der Waals surface area contributed by atoms with Crippen LogP contribution in [0.1, 0.15) is 58.8 Å². The van der Waals surface area contributed by atoms with Gasteiger partial charge in [-0.3, -0.25) is 4.79 Å². The lowest BCUT2D eigenvalue weighted by Gasteiger charge is -2.28. The minimum atomic E-state index is -3.84. The molecule has 7 heteroatoms. The van der Waals surface area contributed by atoms with E-state index in [4.69, 9.17) is 4.74 Å². The van der Waals surface area contributed by atoms with Crippen LogP contribution in [0.25, 0.3) is 0 Å². The molecule has 3 nitrogen and oxygen atoms in total. The summed E-state index contributed by atoms with van der Waals surface area (Å²) in [5.41, 5.74) is 0. The molecule has 1 saturated carbocycles. The Morgan fingerprint density at radius 1 is 1.17 bits per heavy atom. The van der Waals surface area contributed by atoms with Crippen LogP contribution >= 0.6 is 0 Å². The molecule has 0 saturated heterocycles. The molecule has 0 aliphatic heterocycles. The Bertz CT molecular complexity index is 363. The van der Waals surface area contributed by atoms with Gasteiger partial charge in [0.05, 0.1) is 13.0 Å². The van der Waals surface area contributed by atoms with Crippen LogP contribution in [0.2, 0.25) is 0 Å². The second-order valence-corrected chi connectivity index (χ2v) is 6.47. The molecule has 0 spiro atoms. The topological polar surface area (TPSA) is 35.5 Å². The lowest BCUT2D eigenvalue weighted by Crippen LogP contribution is -2.44. The zero-order chi connectivity index (χ0) is 17.5. The molecule has 0 N–H and O–H groups in total. The number of carbonyl (C=O) groups excluding carboxylic acids is 1. The molecule has 0 aromatic rings. The number of hydrogen-bond donors (Lipinski definition) is 0. The van der Waals surface area contributed by atoms with Crippen LogP contribution in [0.3, 0.4) is 0 Å². The first-order valence-electron chi connectivity index (χ1n) is 8.11. The van der Waals surface area contributed by atoms with E-state index in [1.165, 1.54) is 19.3 Å². The maximum Gasteiger partial charge on any atom is 0.303 e. The molecule has 1 atom stereocenters. The van der Waals surface area contributed by atoms with Crippen molar-refractivity contribution >= 4 is 5.97 Å². The Morgan fingerprint density at radius 3 is 2.30 bits per heavy atom. The van der Waals surface area contributed by atoms with Gasteiger partial charge < -0.3 is 9.47 Å². The molecule has 0 radical (unpaired) electrons. The van der Waals surface area contributed by atoms with Gasteiger partial charge in [0.15, 0.2) is 6.10 Å². The van der Waals surface area contributed by atoms with E-state index in [1.807, 2.05) is 0 Å². The lowest BCUT2D eigenvalue weighted by atomic mass is 9.87. The van der Waals surface area contributed by atoms with E-state index >= 15 is 0 Å². The zero-order valence-corrected chi connectivity index (χ0v) is 13.8. The highest BCUT2D eigenvalue weighted by molar-refractivity contribution is 5.66. The maximum absolute atomic E-state index is 13.9. The predicted molar refractivity (Wildman–Crippen MR) is 77.8 cm³/mol. The van der Waals surface area contributed by atoms with Crippen molar-refractivity contribution in [1.29, 1.82) is 0 Å². The monoisotopic (exact) mass is 342 g/mol. The molecule has 1 aliphatic rings. The second-order valence-electron chi connectivity index (χ2n) is 6.47. The van der Waals surface area contributed by atoms with Crippen molar-refractivity contribution in [2.75, 3.05) is 13.2 Å². The zero-order valence-electron chi connectivity index (χ0n) is 13.8. The Kier molecular flexibility index (Phi) is 7.77. The molecule has 0 heterocycles. The number of carbonyl (C=O) groups is 1. The first kappa shape index (κ1) is 20.2. The van der Waals surface area contributed by atoms with E-state index in [0.717, 1.165) is 26.2 Å². The third-order valence-electron chi connectivity index (χ3n) is 3.99. The van der Waals surface area contributed by atoms with E-state index in [1.54, 1.807) is 0 Å². The molecular weight excluding hydrogens is 316 g/mol. The summed E-state index contributed by atoms with van der Waals surface area (Å²) in [6.45, 7) is 1.07. The Hall–Kier alpha value is -0.850. The smallest absolute Gasteiger partial charge is 0.303 e. The van der Waals surface area contributed by atoms with Gasteiger partial charge in [-0.25, -0.2) is 17.6 Å². The Labute approximate surface area is 134 Å². The van der Waals surface area contributed by atoms with E-state index < -0.39 is 36.9 Å². The normalized spacial score (nSPS) is 18.7. The average molecular weight is 342 g/mol. The summed E-state index contributed by atoms with van der Waals surface area (Å²) in [5.74, 6) is -7.81. The van der Waals surface area contributed by atoms with Crippen molar-refractivity contribution in [1.82, 2.24) is 0 Å². The number of ether oxygens (including phenoxy) is 2. The molecule has 0 bridgehead atoms. The van der Waals surface area contributed by atoms with E-state index in [0.29, 0.717) is 12.8 Å². The molecule has 1 unspecified atom stereocenters. The van der Waals surface area contributed by atoms with Gasteiger partial charge in [0.25, 0.3) is 11.8 Å². The number of halogens is 4. The van der Waals surface area contributed by atoms with Crippen LogP contribution in [0.4, 0.5) is 17.6 Å². The van der Waals surface area contributed by atoms with Crippen LogP contribution in [-0.2, 0) is 14.3 Å². The molecule has 136 valence electrons. The average Bonchev–Trinajstić information content (AvgIpc) is 2.40. The summed E-state index contributed by atoms with van der Waals surface area (Å²) in [6, 6.07) is 0. The number of rotatable bonds is 9. The SMILES string of the molecule is CC(=O)OC(COCCC1CCCCC1)C(F)(F)CC(C)(F)F. The predicted octanol–water partition coefficient (Wildman–Crippen LogP) is 4.59. The molecule has 23 heavy (non-hydrogen) atoms. The summed E-state index contributed by atoms with van der Waals surface area (Å²) in [5, 5.41) is 0. The van der Waals surface area contributed by atoms with Gasteiger partial charge in [0, 0.05) is 13.5 Å². The van der Waals surface area contributed by atoms with Gasteiger partial charge in [0.1, 0.15) is 0 Å². The third-order valence-corrected chi connectivity index (χ3v) is 3.99. The number of alkyl halides is 4. The van der Waals surface area contributed by atoms with Crippen LogP contribution in [-0.4, -0.2) is 37.1 Å². The molecule has 0 aromatic carbocycles. The minimum absolute atomic E-state index is 0.265. The molecular formula is C16H26F4O3. The maximum atomic E-state index is 13.9. The molecule has 1 aliphatic carbocycles. The summed E-state index contributed by atoms with van der Waals surface area (Å²) in [4.78, 5) is 10.9. The quantitative estimate of drug-likeness (QED) is 0.349. The minimum Gasteiger partial charge on any atom is -0.454 e. The van der Waals surface area contributed by atoms with Gasteiger partial charge in [0.2, 0.25) is 0 Å². The highest BCUT2D eigenvalue weighted by atomic mass is 19.3. The largest absolute Gasteiger partial charge is 0.454 e. The van der Waals surface area contributed by atoms with E-state index in [9.17, 15) is 22.4 Å². The van der Waals surface area contributed by atoms with Crippen LogP contribution in [0.15, 0.2) is 0 Å². The fraction of sp³-hybridized carbons (Fsp3) is 0.938.